The standard InChI is InChI=1S/C23H34F2/c1-2-7-17-12-14-19(15-13-17)21(18-8-4-3-5-9-18)16-20-10-6-11-22(24)23(20)25/h6,10-11,17-19,21H,2-5,7-9,12-16H2,1H3. The number of rotatable bonds is 6. The van der Waals surface area contributed by atoms with E-state index >= 15 is 0 Å². The van der Waals surface area contributed by atoms with Crippen LogP contribution in [-0.4, -0.2) is 0 Å². The van der Waals surface area contributed by atoms with Crippen molar-refractivity contribution < 1.29 is 8.78 Å². The van der Waals surface area contributed by atoms with Crippen molar-refractivity contribution in [3.05, 3.63) is 35.4 Å². The topological polar surface area (TPSA) is 0 Å². The van der Waals surface area contributed by atoms with Crippen molar-refractivity contribution in [3.8, 4) is 0 Å². The summed E-state index contributed by atoms with van der Waals surface area (Å²) < 4.78 is 28.0. The van der Waals surface area contributed by atoms with Crippen LogP contribution in [0.5, 0.6) is 0 Å². The number of hydrogen-bond acceptors (Lipinski definition) is 0. The van der Waals surface area contributed by atoms with Gasteiger partial charge in [-0.1, -0.05) is 76.8 Å². The molecule has 0 spiro atoms. The van der Waals surface area contributed by atoms with Crippen molar-refractivity contribution in [3.63, 3.8) is 0 Å². The van der Waals surface area contributed by atoms with E-state index in [1.54, 1.807) is 12.1 Å². The fourth-order valence-electron chi connectivity index (χ4n) is 5.55. The second-order valence-electron chi connectivity index (χ2n) is 8.55. The third-order valence-electron chi connectivity index (χ3n) is 6.94. The zero-order chi connectivity index (χ0) is 17.6. The molecule has 2 aliphatic carbocycles. The van der Waals surface area contributed by atoms with E-state index in [4.69, 9.17) is 0 Å². The first-order chi connectivity index (χ1) is 12.2. The van der Waals surface area contributed by atoms with Gasteiger partial charge in [-0.2, -0.15) is 0 Å². The summed E-state index contributed by atoms with van der Waals surface area (Å²) in [6, 6.07) is 4.71. The number of halogens is 2. The quantitative estimate of drug-likeness (QED) is 0.505. The van der Waals surface area contributed by atoms with E-state index in [0.29, 0.717) is 23.3 Å². The lowest BCUT2D eigenvalue weighted by Crippen LogP contribution is -2.31. The van der Waals surface area contributed by atoms with Gasteiger partial charge in [0, 0.05) is 0 Å². The van der Waals surface area contributed by atoms with E-state index < -0.39 is 11.6 Å². The molecule has 3 rings (SSSR count). The third-order valence-corrected chi connectivity index (χ3v) is 6.94. The maximum absolute atomic E-state index is 14.3. The summed E-state index contributed by atoms with van der Waals surface area (Å²) in [5.74, 6) is 1.57. The zero-order valence-corrected chi connectivity index (χ0v) is 15.8. The summed E-state index contributed by atoms with van der Waals surface area (Å²) in [5.41, 5.74) is 0.603. The highest BCUT2D eigenvalue weighted by atomic mass is 19.2. The normalized spacial score (nSPS) is 26.5. The van der Waals surface area contributed by atoms with Gasteiger partial charge in [-0.3, -0.25) is 0 Å². The highest BCUT2D eigenvalue weighted by Gasteiger charge is 2.33. The van der Waals surface area contributed by atoms with E-state index in [1.807, 2.05) is 0 Å². The maximum Gasteiger partial charge on any atom is 0.162 e. The molecule has 1 unspecified atom stereocenters. The molecule has 0 bridgehead atoms. The molecule has 140 valence electrons. The summed E-state index contributed by atoms with van der Waals surface area (Å²) >= 11 is 0. The minimum absolute atomic E-state index is 0.541. The number of benzene rings is 1. The Bertz CT molecular complexity index is 525. The van der Waals surface area contributed by atoms with Crippen LogP contribution in [0.2, 0.25) is 0 Å². The Hall–Kier alpha value is -0.920. The van der Waals surface area contributed by atoms with Gasteiger partial charge in [-0.25, -0.2) is 8.78 Å². The van der Waals surface area contributed by atoms with Crippen molar-refractivity contribution in [2.75, 3.05) is 0 Å². The largest absolute Gasteiger partial charge is 0.204 e. The first kappa shape index (κ1) is 18.9. The molecule has 0 aromatic heterocycles. The second kappa shape index (κ2) is 9.14. The van der Waals surface area contributed by atoms with Crippen LogP contribution in [0.25, 0.3) is 0 Å². The molecule has 1 aromatic rings. The van der Waals surface area contributed by atoms with Crippen molar-refractivity contribution in [2.45, 2.75) is 84.0 Å². The lowest BCUT2D eigenvalue weighted by atomic mass is 9.66. The molecule has 2 fully saturated rings. The molecule has 0 amide bonds. The molecule has 2 saturated carbocycles. The average Bonchev–Trinajstić information content (AvgIpc) is 2.65. The minimum atomic E-state index is -0.688. The van der Waals surface area contributed by atoms with E-state index in [-0.39, 0.29) is 0 Å². The van der Waals surface area contributed by atoms with Crippen LogP contribution in [0, 0.1) is 35.3 Å². The van der Waals surface area contributed by atoms with Gasteiger partial charge in [0.25, 0.3) is 0 Å². The van der Waals surface area contributed by atoms with Crippen molar-refractivity contribution in [1.82, 2.24) is 0 Å². The Morgan fingerprint density at radius 2 is 1.60 bits per heavy atom. The molecule has 2 aliphatic rings. The molecule has 0 nitrogen and oxygen atoms in total. The molecule has 0 aliphatic heterocycles. The van der Waals surface area contributed by atoms with Crippen LogP contribution < -0.4 is 0 Å². The summed E-state index contributed by atoms with van der Waals surface area (Å²) in [6.45, 7) is 2.28. The SMILES string of the molecule is CCCC1CCC(C(Cc2cccc(F)c2F)C2CCCCC2)CC1. The zero-order valence-electron chi connectivity index (χ0n) is 15.8. The average molecular weight is 349 g/mol. The Morgan fingerprint density at radius 3 is 2.28 bits per heavy atom. The fraction of sp³-hybridized carbons (Fsp3) is 0.739. The van der Waals surface area contributed by atoms with Crippen LogP contribution in [0.3, 0.4) is 0 Å². The first-order valence-electron chi connectivity index (χ1n) is 10.6. The molecule has 0 heterocycles. The Kier molecular flexibility index (Phi) is 6.90. The molecule has 25 heavy (non-hydrogen) atoms. The van der Waals surface area contributed by atoms with Crippen molar-refractivity contribution in [2.24, 2.45) is 23.7 Å². The van der Waals surface area contributed by atoms with Crippen LogP contribution >= 0.6 is 0 Å². The summed E-state index contributed by atoms with van der Waals surface area (Å²) in [7, 11) is 0. The molecule has 2 heteroatoms. The van der Waals surface area contributed by atoms with Gasteiger partial charge in [0.15, 0.2) is 11.6 Å². The molecule has 1 aromatic carbocycles. The van der Waals surface area contributed by atoms with Gasteiger partial charge in [0.1, 0.15) is 0 Å². The van der Waals surface area contributed by atoms with E-state index in [1.165, 1.54) is 76.7 Å². The molecular formula is C23H34F2. The van der Waals surface area contributed by atoms with Crippen molar-refractivity contribution in [1.29, 1.82) is 0 Å². The van der Waals surface area contributed by atoms with Crippen LogP contribution in [0.1, 0.15) is 83.1 Å². The maximum atomic E-state index is 14.3. The Balaban J connectivity index is 1.72. The van der Waals surface area contributed by atoms with E-state index in [2.05, 4.69) is 6.92 Å². The predicted molar refractivity (Wildman–Crippen MR) is 100 cm³/mol. The highest BCUT2D eigenvalue weighted by Crippen LogP contribution is 2.43. The van der Waals surface area contributed by atoms with Gasteiger partial charge in [-0.05, 0) is 54.6 Å². The molecular weight excluding hydrogens is 314 g/mol. The van der Waals surface area contributed by atoms with Crippen LogP contribution in [0.15, 0.2) is 18.2 Å². The molecule has 0 radical (unpaired) electrons. The molecule has 0 N–H and O–H groups in total. The second-order valence-corrected chi connectivity index (χ2v) is 8.55. The van der Waals surface area contributed by atoms with Crippen LogP contribution in [0.4, 0.5) is 8.78 Å². The predicted octanol–water partition coefficient (Wildman–Crippen LogP) is 7.31. The van der Waals surface area contributed by atoms with E-state index in [0.717, 1.165) is 12.3 Å². The smallest absolute Gasteiger partial charge is 0.162 e. The summed E-state index contributed by atoms with van der Waals surface area (Å²) in [4.78, 5) is 0. The van der Waals surface area contributed by atoms with Crippen molar-refractivity contribution >= 4 is 0 Å². The third kappa shape index (κ3) is 4.83. The lowest BCUT2D eigenvalue weighted by Gasteiger charge is -2.40. The van der Waals surface area contributed by atoms with Crippen LogP contribution in [-0.2, 0) is 6.42 Å². The summed E-state index contributed by atoms with van der Waals surface area (Å²) in [6.07, 6.45) is 15.2. The van der Waals surface area contributed by atoms with Gasteiger partial charge < -0.3 is 0 Å². The van der Waals surface area contributed by atoms with Gasteiger partial charge in [-0.15, -0.1) is 0 Å². The highest BCUT2D eigenvalue weighted by molar-refractivity contribution is 5.20. The minimum Gasteiger partial charge on any atom is -0.204 e. The van der Waals surface area contributed by atoms with Gasteiger partial charge in [0.05, 0.1) is 0 Å². The summed E-state index contributed by atoms with van der Waals surface area (Å²) in [5, 5.41) is 0. The number of hydrogen-bond donors (Lipinski definition) is 0. The molecule has 0 saturated heterocycles. The fourth-order valence-corrected chi connectivity index (χ4v) is 5.55. The first-order valence-corrected chi connectivity index (χ1v) is 10.6. The van der Waals surface area contributed by atoms with Gasteiger partial charge in [0.2, 0.25) is 0 Å². The monoisotopic (exact) mass is 348 g/mol. The Labute approximate surface area is 152 Å². The van der Waals surface area contributed by atoms with Gasteiger partial charge >= 0.3 is 0 Å². The Morgan fingerprint density at radius 1 is 0.920 bits per heavy atom. The van der Waals surface area contributed by atoms with E-state index in [9.17, 15) is 8.78 Å². The lowest BCUT2D eigenvalue weighted by molar-refractivity contribution is 0.122. The molecule has 1 atom stereocenters.